The second kappa shape index (κ2) is 6.02. The third-order valence-electron chi connectivity index (χ3n) is 3.93. The van der Waals surface area contributed by atoms with E-state index in [1.54, 1.807) is 5.56 Å². The maximum absolute atomic E-state index is 4.06. The third kappa shape index (κ3) is 3.24. The molecule has 1 N–H and O–H groups in total. The van der Waals surface area contributed by atoms with E-state index < -0.39 is 0 Å². The Bertz CT molecular complexity index is 504. The first-order valence-corrected chi connectivity index (χ1v) is 7.18. The summed E-state index contributed by atoms with van der Waals surface area (Å²) in [6.45, 7) is 2.14. The predicted molar refractivity (Wildman–Crippen MR) is 77.1 cm³/mol. The average Bonchev–Trinajstić information content (AvgIpc) is 2.97. The van der Waals surface area contributed by atoms with Gasteiger partial charge in [-0.15, -0.1) is 0 Å². The Hall–Kier alpha value is -1.61. The largest absolute Gasteiger partial charge is 0.337 e. The molecule has 1 unspecified atom stereocenters. The molecular formula is C16H21N3. The van der Waals surface area contributed by atoms with E-state index in [1.165, 1.54) is 24.8 Å². The fourth-order valence-electron chi connectivity index (χ4n) is 2.86. The van der Waals surface area contributed by atoms with Crippen LogP contribution in [-0.4, -0.2) is 22.1 Å². The van der Waals surface area contributed by atoms with E-state index in [0.717, 1.165) is 19.5 Å². The van der Waals surface area contributed by atoms with Gasteiger partial charge >= 0.3 is 0 Å². The molecular weight excluding hydrogens is 234 g/mol. The summed E-state index contributed by atoms with van der Waals surface area (Å²) in [5, 5.41) is 3.69. The van der Waals surface area contributed by atoms with Crippen LogP contribution in [0.3, 0.4) is 0 Å². The van der Waals surface area contributed by atoms with Crippen LogP contribution in [0.15, 0.2) is 43.0 Å². The highest BCUT2D eigenvalue weighted by atomic mass is 15.0. The first-order chi connectivity index (χ1) is 9.42. The molecule has 1 heterocycles. The van der Waals surface area contributed by atoms with Crippen LogP contribution < -0.4 is 5.32 Å². The van der Waals surface area contributed by atoms with Crippen LogP contribution in [-0.2, 0) is 19.4 Å². The highest BCUT2D eigenvalue weighted by Crippen LogP contribution is 2.20. The quantitative estimate of drug-likeness (QED) is 0.832. The second-order valence-corrected chi connectivity index (χ2v) is 5.32. The van der Waals surface area contributed by atoms with Crippen molar-refractivity contribution in [2.24, 2.45) is 0 Å². The molecule has 1 aromatic carbocycles. The van der Waals surface area contributed by atoms with Crippen molar-refractivity contribution >= 4 is 0 Å². The van der Waals surface area contributed by atoms with Gasteiger partial charge in [0.1, 0.15) is 0 Å². The van der Waals surface area contributed by atoms with Gasteiger partial charge in [0.2, 0.25) is 0 Å². The van der Waals surface area contributed by atoms with E-state index >= 15 is 0 Å². The van der Waals surface area contributed by atoms with Crippen LogP contribution in [0.5, 0.6) is 0 Å². The summed E-state index contributed by atoms with van der Waals surface area (Å²) in [6, 6.07) is 9.50. The van der Waals surface area contributed by atoms with Gasteiger partial charge in [-0.25, -0.2) is 4.98 Å². The Morgan fingerprint density at radius 2 is 2.16 bits per heavy atom. The lowest BCUT2D eigenvalue weighted by molar-refractivity contribution is 0.444. The normalized spacial score (nSPS) is 18.2. The molecule has 0 bridgehead atoms. The summed E-state index contributed by atoms with van der Waals surface area (Å²) in [4.78, 5) is 4.06. The number of hydrogen-bond acceptors (Lipinski definition) is 2. The molecule has 0 fully saturated rings. The average molecular weight is 255 g/mol. The molecule has 0 radical (unpaired) electrons. The van der Waals surface area contributed by atoms with Gasteiger partial charge in [0.25, 0.3) is 0 Å². The molecule has 0 amide bonds. The van der Waals surface area contributed by atoms with Crippen molar-refractivity contribution in [3.8, 4) is 0 Å². The molecule has 100 valence electrons. The number of hydrogen-bond donors (Lipinski definition) is 1. The SMILES string of the molecule is c1ccc2c(c1)CCC(NCCCn1ccnc1)C2. The summed E-state index contributed by atoms with van der Waals surface area (Å²) >= 11 is 0. The number of imidazole rings is 1. The third-order valence-corrected chi connectivity index (χ3v) is 3.93. The zero-order chi connectivity index (χ0) is 12.9. The van der Waals surface area contributed by atoms with Crippen LogP contribution in [0.25, 0.3) is 0 Å². The van der Waals surface area contributed by atoms with E-state index in [9.17, 15) is 0 Å². The minimum Gasteiger partial charge on any atom is -0.337 e. The maximum atomic E-state index is 4.06. The number of nitrogens with zero attached hydrogens (tertiary/aromatic N) is 2. The molecule has 3 nitrogen and oxygen atoms in total. The highest BCUT2D eigenvalue weighted by molar-refractivity contribution is 5.30. The first-order valence-electron chi connectivity index (χ1n) is 7.18. The van der Waals surface area contributed by atoms with Crippen molar-refractivity contribution in [1.82, 2.24) is 14.9 Å². The summed E-state index contributed by atoms with van der Waals surface area (Å²) in [6.07, 6.45) is 10.6. The van der Waals surface area contributed by atoms with Crippen molar-refractivity contribution in [1.29, 1.82) is 0 Å². The van der Waals surface area contributed by atoms with Gasteiger partial charge in [-0.2, -0.15) is 0 Å². The summed E-state index contributed by atoms with van der Waals surface area (Å²) in [7, 11) is 0. The number of aromatic nitrogens is 2. The number of benzene rings is 1. The van der Waals surface area contributed by atoms with E-state index in [2.05, 4.69) is 39.1 Å². The van der Waals surface area contributed by atoms with Crippen molar-refractivity contribution in [3.63, 3.8) is 0 Å². The fourth-order valence-corrected chi connectivity index (χ4v) is 2.86. The molecule has 0 aliphatic heterocycles. The molecule has 1 aromatic heterocycles. The molecule has 2 aromatic rings. The summed E-state index contributed by atoms with van der Waals surface area (Å²) in [5.74, 6) is 0. The standard InChI is InChI=1S/C16H21N3/c1-2-5-15-12-16(7-6-14(15)4-1)18-8-3-10-19-11-9-17-13-19/h1-2,4-5,9,11,13,16,18H,3,6-8,10,12H2. The van der Waals surface area contributed by atoms with Gasteiger partial charge in [-0.05, 0) is 43.4 Å². The van der Waals surface area contributed by atoms with E-state index in [0.29, 0.717) is 6.04 Å². The molecule has 19 heavy (non-hydrogen) atoms. The highest BCUT2D eigenvalue weighted by Gasteiger charge is 2.16. The summed E-state index contributed by atoms with van der Waals surface area (Å²) < 4.78 is 2.14. The molecule has 0 saturated heterocycles. The number of nitrogens with one attached hydrogen (secondary N) is 1. The lowest BCUT2D eigenvalue weighted by Crippen LogP contribution is -2.35. The lowest BCUT2D eigenvalue weighted by Gasteiger charge is -2.25. The van der Waals surface area contributed by atoms with Crippen molar-refractivity contribution in [3.05, 3.63) is 54.1 Å². The van der Waals surface area contributed by atoms with Gasteiger partial charge in [0.05, 0.1) is 6.33 Å². The minimum atomic E-state index is 0.651. The molecule has 0 spiro atoms. The number of rotatable bonds is 5. The van der Waals surface area contributed by atoms with E-state index in [1.807, 2.05) is 18.7 Å². The zero-order valence-electron chi connectivity index (χ0n) is 11.3. The number of fused-ring (bicyclic) bond motifs is 1. The van der Waals surface area contributed by atoms with Gasteiger partial charge < -0.3 is 9.88 Å². The topological polar surface area (TPSA) is 29.9 Å². The molecule has 1 aliphatic carbocycles. The Morgan fingerprint density at radius 3 is 3.00 bits per heavy atom. The smallest absolute Gasteiger partial charge is 0.0945 e. The van der Waals surface area contributed by atoms with Gasteiger partial charge in [-0.1, -0.05) is 24.3 Å². The molecule has 3 heteroatoms. The number of aryl methyl sites for hydroxylation is 2. The first kappa shape index (κ1) is 12.4. The predicted octanol–water partition coefficient (Wildman–Crippen LogP) is 2.42. The lowest BCUT2D eigenvalue weighted by atomic mass is 9.88. The Kier molecular flexibility index (Phi) is 3.94. The van der Waals surface area contributed by atoms with E-state index in [-0.39, 0.29) is 0 Å². The van der Waals surface area contributed by atoms with Crippen molar-refractivity contribution in [2.45, 2.75) is 38.3 Å². The van der Waals surface area contributed by atoms with Crippen LogP contribution in [0.4, 0.5) is 0 Å². The summed E-state index contributed by atoms with van der Waals surface area (Å²) in [5.41, 5.74) is 3.07. The van der Waals surface area contributed by atoms with E-state index in [4.69, 9.17) is 0 Å². The van der Waals surface area contributed by atoms with Crippen LogP contribution in [0.1, 0.15) is 24.0 Å². The van der Waals surface area contributed by atoms with Crippen LogP contribution >= 0.6 is 0 Å². The minimum absolute atomic E-state index is 0.651. The Balaban J connectivity index is 1.42. The van der Waals surface area contributed by atoms with Gasteiger partial charge in [0, 0.05) is 25.0 Å². The maximum Gasteiger partial charge on any atom is 0.0945 e. The molecule has 0 saturated carbocycles. The van der Waals surface area contributed by atoms with Gasteiger partial charge in [-0.3, -0.25) is 0 Å². The molecule has 1 aliphatic rings. The molecule has 3 rings (SSSR count). The van der Waals surface area contributed by atoms with Crippen molar-refractivity contribution < 1.29 is 0 Å². The Morgan fingerprint density at radius 1 is 1.26 bits per heavy atom. The second-order valence-electron chi connectivity index (χ2n) is 5.32. The fraction of sp³-hybridized carbons (Fsp3) is 0.438. The monoisotopic (exact) mass is 255 g/mol. The Labute approximate surface area is 114 Å². The van der Waals surface area contributed by atoms with Crippen LogP contribution in [0.2, 0.25) is 0 Å². The molecule has 1 atom stereocenters. The van der Waals surface area contributed by atoms with Gasteiger partial charge in [0.15, 0.2) is 0 Å². The van der Waals surface area contributed by atoms with Crippen LogP contribution in [0, 0.1) is 0 Å². The van der Waals surface area contributed by atoms with Crippen molar-refractivity contribution in [2.75, 3.05) is 6.54 Å². The zero-order valence-corrected chi connectivity index (χ0v) is 11.3.